The zero-order chi connectivity index (χ0) is 17.5. The number of hydrogen-bond donors (Lipinski definition) is 2. The molecule has 25 heavy (non-hydrogen) atoms. The highest BCUT2D eigenvalue weighted by Crippen LogP contribution is 2.19. The van der Waals surface area contributed by atoms with E-state index in [0.29, 0.717) is 12.6 Å². The van der Waals surface area contributed by atoms with E-state index in [0.717, 1.165) is 38.6 Å². The first-order chi connectivity index (χ1) is 12.2. The van der Waals surface area contributed by atoms with Crippen molar-refractivity contribution >= 4 is 11.6 Å². The van der Waals surface area contributed by atoms with Gasteiger partial charge in [0, 0.05) is 37.6 Å². The Balaban J connectivity index is 1.52. The topological polar surface area (TPSA) is 57.5 Å². The van der Waals surface area contributed by atoms with Gasteiger partial charge in [-0.05, 0) is 38.0 Å². The van der Waals surface area contributed by atoms with Gasteiger partial charge >= 0.3 is 0 Å². The molecule has 2 heterocycles. The molecule has 6 nitrogen and oxygen atoms in total. The summed E-state index contributed by atoms with van der Waals surface area (Å²) in [6.45, 7) is 8.61. The summed E-state index contributed by atoms with van der Waals surface area (Å²) in [6, 6.07) is 11.0. The van der Waals surface area contributed by atoms with E-state index < -0.39 is 0 Å². The molecule has 0 saturated carbocycles. The van der Waals surface area contributed by atoms with Crippen LogP contribution in [0.15, 0.2) is 47.7 Å². The van der Waals surface area contributed by atoms with Gasteiger partial charge in [-0.2, -0.15) is 5.10 Å². The molecule has 2 aromatic rings. The second-order valence-corrected chi connectivity index (χ2v) is 6.45. The Labute approximate surface area is 149 Å². The van der Waals surface area contributed by atoms with Crippen molar-refractivity contribution in [3.05, 3.63) is 48.3 Å². The number of guanidine groups is 1. The molecule has 3 rings (SSSR count). The SMILES string of the molecule is CCNC(=NCCn1cc(C)cn1)NC1CCN(c2ccccc2)C1. The van der Waals surface area contributed by atoms with Crippen LogP contribution < -0.4 is 15.5 Å². The summed E-state index contributed by atoms with van der Waals surface area (Å²) in [5, 5.41) is 11.2. The minimum Gasteiger partial charge on any atom is -0.369 e. The van der Waals surface area contributed by atoms with Crippen LogP contribution in [0.3, 0.4) is 0 Å². The lowest BCUT2D eigenvalue weighted by atomic mass is 10.3. The van der Waals surface area contributed by atoms with E-state index in [1.807, 2.05) is 17.1 Å². The zero-order valence-corrected chi connectivity index (χ0v) is 15.2. The summed E-state index contributed by atoms with van der Waals surface area (Å²) in [6.07, 6.45) is 5.05. The van der Waals surface area contributed by atoms with E-state index in [4.69, 9.17) is 4.99 Å². The first kappa shape index (κ1) is 17.3. The highest BCUT2D eigenvalue weighted by molar-refractivity contribution is 5.80. The zero-order valence-electron chi connectivity index (χ0n) is 15.2. The normalized spacial score (nSPS) is 17.8. The lowest BCUT2D eigenvalue weighted by molar-refractivity contribution is 0.613. The number of nitrogens with one attached hydrogen (secondary N) is 2. The molecule has 1 saturated heterocycles. The molecule has 1 atom stereocenters. The monoisotopic (exact) mass is 340 g/mol. The average Bonchev–Trinajstić information content (AvgIpc) is 3.25. The molecular formula is C19H28N6. The van der Waals surface area contributed by atoms with E-state index in [2.05, 4.69) is 64.8 Å². The first-order valence-electron chi connectivity index (χ1n) is 9.08. The Morgan fingerprint density at radius 2 is 2.16 bits per heavy atom. The standard InChI is InChI=1S/C19H28N6/c1-3-20-19(21-10-12-25-14-16(2)13-22-25)23-17-9-11-24(15-17)18-7-5-4-6-8-18/h4-8,13-14,17H,3,9-12,15H2,1-2H3,(H2,20,21,23). The van der Waals surface area contributed by atoms with Crippen molar-refractivity contribution in [3.63, 3.8) is 0 Å². The number of aliphatic imine (C=N–C) groups is 1. The molecule has 6 heteroatoms. The van der Waals surface area contributed by atoms with Gasteiger partial charge in [0.15, 0.2) is 5.96 Å². The third-order valence-corrected chi connectivity index (χ3v) is 4.36. The number of anilines is 1. The van der Waals surface area contributed by atoms with Gasteiger partial charge < -0.3 is 15.5 Å². The molecule has 0 spiro atoms. The average molecular weight is 340 g/mol. The molecule has 1 aromatic heterocycles. The largest absolute Gasteiger partial charge is 0.369 e. The Hall–Kier alpha value is -2.50. The molecule has 1 aliphatic heterocycles. The van der Waals surface area contributed by atoms with E-state index in [-0.39, 0.29) is 0 Å². The van der Waals surface area contributed by atoms with Gasteiger partial charge in [0.1, 0.15) is 0 Å². The number of hydrogen-bond acceptors (Lipinski definition) is 3. The molecule has 0 bridgehead atoms. The third kappa shape index (κ3) is 4.98. The van der Waals surface area contributed by atoms with E-state index >= 15 is 0 Å². The maximum Gasteiger partial charge on any atom is 0.191 e. The smallest absolute Gasteiger partial charge is 0.191 e. The molecule has 134 valence electrons. The first-order valence-corrected chi connectivity index (χ1v) is 9.08. The van der Waals surface area contributed by atoms with E-state index in [1.165, 1.54) is 11.3 Å². The highest BCUT2D eigenvalue weighted by atomic mass is 15.3. The molecule has 1 aliphatic rings. The highest BCUT2D eigenvalue weighted by Gasteiger charge is 2.23. The van der Waals surface area contributed by atoms with Crippen LogP contribution in [0.5, 0.6) is 0 Å². The Kier molecular flexibility index (Phi) is 5.93. The van der Waals surface area contributed by atoms with Crippen LogP contribution in [0.1, 0.15) is 18.9 Å². The predicted octanol–water partition coefficient (Wildman–Crippen LogP) is 2.03. The van der Waals surface area contributed by atoms with Crippen LogP contribution in [0.25, 0.3) is 0 Å². The Morgan fingerprint density at radius 3 is 2.88 bits per heavy atom. The van der Waals surface area contributed by atoms with Crippen molar-refractivity contribution in [2.75, 3.05) is 31.1 Å². The maximum absolute atomic E-state index is 4.69. The van der Waals surface area contributed by atoms with Gasteiger partial charge in [-0.15, -0.1) is 0 Å². The number of aromatic nitrogens is 2. The van der Waals surface area contributed by atoms with Crippen molar-refractivity contribution in [2.45, 2.75) is 32.9 Å². The third-order valence-electron chi connectivity index (χ3n) is 4.36. The second-order valence-electron chi connectivity index (χ2n) is 6.45. The van der Waals surface area contributed by atoms with E-state index in [9.17, 15) is 0 Å². The molecule has 0 radical (unpaired) electrons. The van der Waals surface area contributed by atoms with Crippen molar-refractivity contribution in [1.29, 1.82) is 0 Å². The molecule has 0 aliphatic carbocycles. The summed E-state index contributed by atoms with van der Waals surface area (Å²) < 4.78 is 1.94. The van der Waals surface area contributed by atoms with Gasteiger partial charge in [-0.3, -0.25) is 9.67 Å². The number of benzene rings is 1. The van der Waals surface area contributed by atoms with Gasteiger partial charge in [-0.1, -0.05) is 18.2 Å². The van der Waals surface area contributed by atoms with Crippen LogP contribution in [-0.2, 0) is 6.54 Å². The molecule has 0 amide bonds. The summed E-state index contributed by atoms with van der Waals surface area (Å²) in [7, 11) is 0. The van der Waals surface area contributed by atoms with Crippen LogP contribution in [0.4, 0.5) is 5.69 Å². The fraction of sp³-hybridized carbons (Fsp3) is 0.474. The summed E-state index contributed by atoms with van der Waals surface area (Å²) >= 11 is 0. The fourth-order valence-electron chi connectivity index (χ4n) is 3.12. The number of rotatable bonds is 6. The summed E-state index contributed by atoms with van der Waals surface area (Å²) in [5.41, 5.74) is 2.48. The molecular weight excluding hydrogens is 312 g/mol. The number of aryl methyl sites for hydroxylation is 1. The molecule has 2 N–H and O–H groups in total. The van der Waals surface area contributed by atoms with Gasteiger partial charge in [0.25, 0.3) is 0 Å². The quantitative estimate of drug-likeness (QED) is 0.624. The van der Waals surface area contributed by atoms with E-state index in [1.54, 1.807) is 0 Å². The summed E-state index contributed by atoms with van der Waals surface area (Å²) in [5.74, 6) is 0.895. The minimum absolute atomic E-state index is 0.421. The van der Waals surface area contributed by atoms with Crippen LogP contribution in [-0.4, -0.2) is 48.0 Å². The maximum atomic E-state index is 4.69. The van der Waals surface area contributed by atoms with Crippen molar-refractivity contribution < 1.29 is 0 Å². The second kappa shape index (κ2) is 8.55. The molecule has 1 aromatic carbocycles. The van der Waals surface area contributed by atoms with Gasteiger partial charge in [0.2, 0.25) is 0 Å². The predicted molar refractivity (Wildman–Crippen MR) is 103 cm³/mol. The fourth-order valence-corrected chi connectivity index (χ4v) is 3.12. The minimum atomic E-state index is 0.421. The lowest BCUT2D eigenvalue weighted by Crippen LogP contribution is -2.44. The van der Waals surface area contributed by atoms with Crippen LogP contribution in [0.2, 0.25) is 0 Å². The summed E-state index contributed by atoms with van der Waals surface area (Å²) in [4.78, 5) is 7.12. The number of para-hydroxylation sites is 1. The number of nitrogens with zero attached hydrogens (tertiary/aromatic N) is 4. The van der Waals surface area contributed by atoms with Gasteiger partial charge in [0.05, 0.1) is 19.3 Å². The van der Waals surface area contributed by atoms with Crippen LogP contribution >= 0.6 is 0 Å². The molecule has 1 fully saturated rings. The van der Waals surface area contributed by atoms with Crippen molar-refractivity contribution in [2.24, 2.45) is 4.99 Å². The van der Waals surface area contributed by atoms with Crippen LogP contribution in [0, 0.1) is 6.92 Å². The Bertz CT molecular complexity index is 678. The molecule has 1 unspecified atom stereocenters. The van der Waals surface area contributed by atoms with Crippen molar-refractivity contribution in [3.8, 4) is 0 Å². The Morgan fingerprint density at radius 1 is 1.32 bits per heavy atom. The lowest BCUT2D eigenvalue weighted by Gasteiger charge is -2.20. The van der Waals surface area contributed by atoms with Gasteiger partial charge in [-0.25, -0.2) is 0 Å². The van der Waals surface area contributed by atoms with Crippen molar-refractivity contribution in [1.82, 2.24) is 20.4 Å².